The Morgan fingerprint density at radius 2 is 1.81 bits per heavy atom. The van der Waals surface area contributed by atoms with Crippen molar-refractivity contribution in [1.82, 2.24) is 5.32 Å². The molecule has 1 aromatic carbocycles. The van der Waals surface area contributed by atoms with Gasteiger partial charge in [0.15, 0.2) is 0 Å². The zero-order valence-electron chi connectivity index (χ0n) is 12.8. The van der Waals surface area contributed by atoms with Crippen molar-refractivity contribution in [3.05, 3.63) is 60.1 Å². The average molecular weight is 303 g/mol. The second kappa shape index (κ2) is 9.69. The van der Waals surface area contributed by atoms with Crippen molar-refractivity contribution >= 4 is 11.8 Å². The highest BCUT2D eigenvalue weighted by Gasteiger charge is 2.15. The second-order valence-electron chi connectivity index (χ2n) is 5.22. The first kappa shape index (κ1) is 16.2. The fraction of sp³-hybridized carbons (Fsp3) is 0.444. The Balaban J connectivity index is 1.81. The van der Waals surface area contributed by atoms with Crippen LogP contribution in [0.15, 0.2) is 53.1 Å². The Kier molecular flexibility index (Phi) is 7.47. The normalized spacial score (nSPS) is 12.4. The van der Waals surface area contributed by atoms with E-state index in [9.17, 15) is 0 Å². The highest BCUT2D eigenvalue weighted by molar-refractivity contribution is 7.98. The summed E-state index contributed by atoms with van der Waals surface area (Å²) >= 11 is 1.94. The molecule has 3 heteroatoms. The Morgan fingerprint density at radius 3 is 2.52 bits per heavy atom. The van der Waals surface area contributed by atoms with E-state index in [1.54, 1.807) is 6.26 Å². The smallest absolute Gasteiger partial charge is 0.125 e. The van der Waals surface area contributed by atoms with Crippen LogP contribution in [0.4, 0.5) is 0 Å². The van der Waals surface area contributed by atoms with Gasteiger partial charge in [-0.25, -0.2) is 0 Å². The molecule has 1 N–H and O–H groups in total. The Hall–Kier alpha value is -1.19. The van der Waals surface area contributed by atoms with Gasteiger partial charge in [-0.05, 0) is 49.1 Å². The molecule has 0 bridgehead atoms. The predicted molar refractivity (Wildman–Crippen MR) is 91.8 cm³/mol. The van der Waals surface area contributed by atoms with Gasteiger partial charge in [-0.3, -0.25) is 0 Å². The molecule has 0 fully saturated rings. The first-order chi connectivity index (χ1) is 10.4. The molecule has 0 spiro atoms. The van der Waals surface area contributed by atoms with Crippen LogP contribution in [-0.4, -0.2) is 18.6 Å². The van der Waals surface area contributed by atoms with E-state index in [1.807, 2.05) is 23.9 Å². The monoisotopic (exact) mass is 303 g/mol. The molecule has 1 atom stereocenters. The van der Waals surface area contributed by atoms with E-state index in [2.05, 4.69) is 41.9 Å². The second-order valence-corrected chi connectivity index (χ2v) is 6.21. The summed E-state index contributed by atoms with van der Waals surface area (Å²) in [5.74, 6) is 2.27. The van der Waals surface area contributed by atoms with Crippen LogP contribution in [0.3, 0.4) is 0 Å². The number of thioether (sulfide) groups is 1. The van der Waals surface area contributed by atoms with E-state index in [0.717, 1.165) is 12.3 Å². The molecule has 114 valence electrons. The third-order valence-corrected chi connectivity index (χ3v) is 4.28. The minimum atomic E-state index is 0.160. The fourth-order valence-electron chi connectivity index (χ4n) is 2.46. The van der Waals surface area contributed by atoms with E-state index < -0.39 is 0 Å². The molecule has 2 aromatic rings. The topological polar surface area (TPSA) is 25.2 Å². The molecule has 1 heterocycles. The summed E-state index contributed by atoms with van der Waals surface area (Å²) in [5, 5.41) is 3.63. The largest absolute Gasteiger partial charge is 0.467 e. The lowest BCUT2D eigenvalue weighted by Crippen LogP contribution is -2.23. The molecule has 2 rings (SSSR count). The summed E-state index contributed by atoms with van der Waals surface area (Å²) in [4.78, 5) is 0. The Morgan fingerprint density at radius 1 is 1.00 bits per heavy atom. The molecule has 2 nitrogen and oxygen atoms in total. The van der Waals surface area contributed by atoms with Crippen molar-refractivity contribution in [2.24, 2.45) is 0 Å². The van der Waals surface area contributed by atoms with E-state index in [1.165, 1.54) is 37.0 Å². The number of benzene rings is 1. The first-order valence-electron chi connectivity index (χ1n) is 7.72. The van der Waals surface area contributed by atoms with Gasteiger partial charge in [0, 0.05) is 0 Å². The molecule has 0 aliphatic rings. The molecular weight excluding hydrogens is 278 g/mol. The number of furan rings is 1. The van der Waals surface area contributed by atoms with Gasteiger partial charge in [-0.2, -0.15) is 11.8 Å². The van der Waals surface area contributed by atoms with Gasteiger partial charge in [0.2, 0.25) is 0 Å². The van der Waals surface area contributed by atoms with Crippen LogP contribution in [0.1, 0.15) is 43.0 Å². The summed E-state index contributed by atoms with van der Waals surface area (Å²) < 4.78 is 5.59. The van der Waals surface area contributed by atoms with Gasteiger partial charge in [-0.1, -0.05) is 43.2 Å². The van der Waals surface area contributed by atoms with Crippen molar-refractivity contribution in [2.45, 2.75) is 31.7 Å². The molecule has 0 saturated heterocycles. The van der Waals surface area contributed by atoms with Gasteiger partial charge >= 0.3 is 0 Å². The number of nitrogens with one attached hydrogen (secondary N) is 1. The molecular formula is C18H25NOS. The summed E-state index contributed by atoms with van der Waals surface area (Å²) in [6.07, 6.45) is 9.11. The molecule has 0 radical (unpaired) electrons. The SMILES string of the molecule is CSCCCCCCNC(c1ccccc1)c1ccco1. The van der Waals surface area contributed by atoms with Crippen molar-refractivity contribution < 1.29 is 4.42 Å². The van der Waals surface area contributed by atoms with Crippen LogP contribution in [-0.2, 0) is 0 Å². The van der Waals surface area contributed by atoms with Crippen molar-refractivity contribution in [3.8, 4) is 0 Å². The van der Waals surface area contributed by atoms with Crippen molar-refractivity contribution in [3.63, 3.8) is 0 Å². The summed E-state index contributed by atoms with van der Waals surface area (Å²) in [5.41, 5.74) is 1.26. The molecule has 1 aromatic heterocycles. The molecule has 0 aliphatic heterocycles. The van der Waals surface area contributed by atoms with E-state index in [4.69, 9.17) is 4.42 Å². The molecule has 0 aliphatic carbocycles. The first-order valence-corrected chi connectivity index (χ1v) is 9.12. The van der Waals surface area contributed by atoms with Crippen molar-refractivity contribution in [1.29, 1.82) is 0 Å². The maximum atomic E-state index is 5.59. The van der Waals surface area contributed by atoms with Crippen LogP contribution < -0.4 is 5.32 Å². The lowest BCUT2D eigenvalue weighted by atomic mass is 10.0. The maximum Gasteiger partial charge on any atom is 0.125 e. The number of hydrogen-bond donors (Lipinski definition) is 1. The fourth-order valence-corrected chi connectivity index (χ4v) is 2.95. The van der Waals surface area contributed by atoms with Crippen LogP contribution in [0.2, 0.25) is 0 Å². The van der Waals surface area contributed by atoms with Crippen molar-refractivity contribution in [2.75, 3.05) is 18.6 Å². The van der Waals surface area contributed by atoms with Crippen LogP contribution in [0.25, 0.3) is 0 Å². The van der Waals surface area contributed by atoms with Gasteiger partial charge < -0.3 is 9.73 Å². The van der Waals surface area contributed by atoms with Gasteiger partial charge in [0.05, 0.1) is 12.3 Å². The lowest BCUT2D eigenvalue weighted by molar-refractivity contribution is 0.441. The number of rotatable bonds is 10. The van der Waals surface area contributed by atoms with E-state index in [0.29, 0.717) is 0 Å². The zero-order chi connectivity index (χ0) is 14.8. The Bertz CT molecular complexity index is 469. The van der Waals surface area contributed by atoms with Gasteiger partial charge in [0.1, 0.15) is 5.76 Å². The predicted octanol–water partition coefficient (Wildman–Crippen LogP) is 4.88. The lowest BCUT2D eigenvalue weighted by Gasteiger charge is -2.17. The third kappa shape index (κ3) is 5.60. The minimum absolute atomic E-state index is 0.160. The van der Waals surface area contributed by atoms with Gasteiger partial charge in [-0.15, -0.1) is 0 Å². The van der Waals surface area contributed by atoms with Gasteiger partial charge in [0.25, 0.3) is 0 Å². The van der Waals surface area contributed by atoms with E-state index in [-0.39, 0.29) is 6.04 Å². The minimum Gasteiger partial charge on any atom is -0.467 e. The summed E-state index contributed by atoms with van der Waals surface area (Å²) in [6.45, 7) is 1.03. The Labute approximate surface area is 132 Å². The highest BCUT2D eigenvalue weighted by Crippen LogP contribution is 2.22. The van der Waals surface area contributed by atoms with Crippen LogP contribution in [0, 0.1) is 0 Å². The summed E-state index contributed by atoms with van der Waals surface area (Å²) in [6, 6.07) is 14.7. The average Bonchev–Trinajstić information content (AvgIpc) is 3.05. The van der Waals surface area contributed by atoms with Crippen LogP contribution >= 0.6 is 11.8 Å². The number of hydrogen-bond acceptors (Lipinski definition) is 3. The molecule has 1 unspecified atom stereocenters. The highest BCUT2D eigenvalue weighted by atomic mass is 32.2. The molecule has 0 saturated carbocycles. The quantitative estimate of drug-likeness (QED) is 0.633. The molecule has 21 heavy (non-hydrogen) atoms. The molecule has 0 amide bonds. The number of unbranched alkanes of at least 4 members (excludes halogenated alkanes) is 3. The summed E-state index contributed by atoms with van der Waals surface area (Å²) in [7, 11) is 0. The zero-order valence-corrected chi connectivity index (χ0v) is 13.6. The third-order valence-electron chi connectivity index (χ3n) is 3.58. The maximum absolute atomic E-state index is 5.59. The van der Waals surface area contributed by atoms with Crippen LogP contribution in [0.5, 0.6) is 0 Å². The standard InChI is InChI=1S/C18H25NOS/c1-21-15-8-3-2-7-13-19-18(17-12-9-14-20-17)16-10-5-4-6-11-16/h4-6,9-12,14,18-19H,2-3,7-8,13,15H2,1H3. The van der Waals surface area contributed by atoms with E-state index >= 15 is 0 Å².